The highest BCUT2D eigenvalue weighted by Crippen LogP contribution is 2.40. The van der Waals surface area contributed by atoms with Crippen LogP contribution in [0.2, 0.25) is 5.02 Å². The third kappa shape index (κ3) is 4.72. The van der Waals surface area contributed by atoms with Crippen molar-refractivity contribution in [3.63, 3.8) is 0 Å². The first-order valence-electron chi connectivity index (χ1n) is 10.2. The number of amidine groups is 1. The lowest BCUT2D eigenvalue weighted by molar-refractivity contribution is -0.124. The predicted octanol–water partition coefficient (Wildman–Crippen LogP) is 5.69. The maximum atomic E-state index is 13.5. The Hall–Kier alpha value is -2.51. The summed E-state index contributed by atoms with van der Waals surface area (Å²) >= 11 is 7.65. The molecule has 8 heteroatoms. The van der Waals surface area contributed by atoms with E-state index in [1.165, 1.54) is 18.2 Å². The average molecular weight is 458 g/mol. The maximum absolute atomic E-state index is 13.5. The van der Waals surface area contributed by atoms with Gasteiger partial charge in [0.15, 0.2) is 5.17 Å². The fourth-order valence-electron chi connectivity index (χ4n) is 3.88. The van der Waals surface area contributed by atoms with E-state index in [1.807, 2.05) is 29.2 Å². The van der Waals surface area contributed by atoms with Crippen LogP contribution in [-0.2, 0) is 4.79 Å². The summed E-state index contributed by atoms with van der Waals surface area (Å²) in [7, 11) is 3.22. The van der Waals surface area contributed by atoms with Gasteiger partial charge in [0.2, 0.25) is 0 Å². The SMILES string of the molecule is COc1ccc(OC)c(/C=C2\SC(=Nc3ccncc3Cl)N(C3CCCCC3)C2=O)c1. The molecule has 31 heavy (non-hydrogen) atoms. The molecule has 2 fully saturated rings. The maximum Gasteiger partial charge on any atom is 0.267 e. The molecule has 2 aliphatic rings. The highest BCUT2D eigenvalue weighted by Gasteiger charge is 2.39. The van der Waals surface area contributed by atoms with Gasteiger partial charge in [-0.2, -0.15) is 0 Å². The van der Waals surface area contributed by atoms with E-state index in [4.69, 9.17) is 26.1 Å². The Morgan fingerprint density at radius 2 is 2.00 bits per heavy atom. The molecule has 1 aromatic carbocycles. The van der Waals surface area contributed by atoms with E-state index in [-0.39, 0.29) is 11.9 Å². The second kappa shape index (κ2) is 9.75. The third-order valence-electron chi connectivity index (χ3n) is 5.47. The number of aromatic nitrogens is 1. The summed E-state index contributed by atoms with van der Waals surface area (Å²) in [6, 6.07) is 7.43. The van der Waals surface area contributed by atoms with Gasteiger partial charge >= 0.3 is 0 Å². The predicted molar refractivity (Wildman–Crippen MR) is 125 cm³/mol. The number of pyridine rings is 1. The number of amides is 1. The molecule has 4 rings (SSSR count). The van der Waals surface area contributed by atoms with Gasteiger partial charge in [-0.15, -0.1) is 0 Å². The Kier molecular flexibility index (Phi) is 6.83. The second-order valence-corrected chi connectivity index (χ2v) is 8.82. The molecule has 0 unspecified atom stereocenters. The molecule has 2 aromatic rings. The summed E-state index contributed by atoms with van der Waals surface area (Å²) in [4.78, 5) is 24.7. The summed E-state index contributed by atoms with van der Waals surface area (Å²) < 4.78 is 10.8. The van der Waals surface area contributed by atoms with Crippen LogP contribution >= 0.6 is 23.4 Å². The molecule has 162 valence electrons. The second-order valence-electron chi connectivity index (χ2n) is 7.41. The minimum atomic E-state index is -0.0364. The van der Waals surface area contributed by atoms with Gasteiger partial charge in [0.05, 0.1) is 29.8 Å². The van der Waals surface area contributed by atoms with Crippen LogP contribution < -0.4 is 9.47 Å². The molecule has 1 aliphatic carbocycles. The third-order valence-corrected chi connectivity index (χ3v) is 6.74. The number of ether oxygens (including phenoxy) is 2. The number of hydrogen-bond donors (Lipinski definition) is 0. The zero-order chi connectivity index (χ0) is 21.8. The van der Waals surface area contributed by atoms with Crippen LogP contribution in [0.4, 0.5) is 5.69 Å². The monoisotopic (exact) mass is 457 g/mol. The van der Waals surface area contributed by atoms with Crippen molar-refractivity contribution in [1.82, 2.24) is 9.88 Å². The number of nitrogens with zero attached hydrogens (tertiary/aromatic N) is 3. The van der Waals surface area contributed by atoms with Crippen molar-refractivity contribution < 1.29 is 14.3 Å². The number of aliphatic imine (C=N–C) groups is 1. The molecular formula is C23H24ClN3O3S. The normalized spacial score (nSPS) is 20.0. The van der Waals surface area contributed by atoms with Crippen LogP contribution in [0.5, 0.6) is 11.5 Å². The molecule has 2 heterocycles. The summed E-state index contributed by atoms with van der Waals surface area (Å²) in [5.74, 6) is 1.34. The topological polar surface area (TPSA) is 64.0 Å². The van der Waals surface area contributed by atoms with Crippen LogP contribution in [0.25, 0.3) is 6.08 Å². The van der Waals surface area contributed by atoms with Crippen LogP contribution in [0.15, 0.2) is 46.6 Å². The van der Waals surface area contributed by atoms with Crippen molar-refractivity contribution >= 4 is 46.2 Å². The zero-order valence-corrected chi connectivity index (χ0v) is 19.1. The van der Waals surface area contributed by atoms with Gasteiger partial charge in [0, 0.05) is 24.0 Å². The van der Waals surface area contributed by atoms with E-state index >= 15 is 0 Å². The Balaban J connectivity index is 1.75. The van der Waals surface area contributed by atoms with E-state index in [0.29, 0.717) is 32.3 Å². The number of halogens is 1. The molecular weight excluding hydrogens is 434 g/mol. The van der Waals surface area contributed by atoms with Crippen LogP contribution in [-0.4, -0.2) is 41.2 Å². The summed E-state index contributed by atoms with van der Waals surface area (Å²) in [6.07, 6.45) is 10.5. The van der Waals surface area contributed by atoms with E-state index in [2.05, 4.69) is 4.98 Å². The van der Waals surface area contributed by atoms with Gasteiger partial charge in [-0.05, 0) is 54.9 Å². The standard InChI is InChI=1S/C23H24ClN3O3S/c1-29-17-8-9-20(30-2)15(12-17)13-21-22(28)27(16-6-4-3-5-7-16)23(31-21)26-19-10-11-25-14-18(19)24/h8-14,16H,3-7H2,1-2H3/b21-13-,26-23?. The fraction of sp³-hybridized carbons (Fsp3) is 0.348. The van der Waals surface area contributed by atoms with Crippen molar-refractivity contribution in [2.75, 3.05) is 14.2 Å². The lowest BCUT2D eigenvalue weighted by Gasteiger charge is -2.30. The summed E-state index contributed by atoms with van der Waals surface area (Å²) in [6.45, 7) is 0. The van der Waals surface area contributed by atoms with Crippen LogP contribution in [0.3, 0.4) is 0 Å². The lowest BCUT2D eigenvalue weighted by atomic mass is 9.94. The van der Waals surface area contributed by atoms with Crippen LogP contribution in [0, 0.1) is 0 Å². The van der Waals surface area contributed by atoms with E-state index in [1.54, 1.807) is 32.7 Å². The molecule has 1 amide bonds. The fourth-order valence-corrected chi connectivity index (χ4v) is 5.09. The number of hydrogen-bond acceptors (Lipinski definition) is 6. The molecule has 1 saturated heterocycles. The first-order valence-corrected chi connectivity index (χ1v) is 11.4. The van der Waals surface area contributed by atoms with Gasteiger partial charge in [-0.1, -0.05) is 30.9 Å². The number of thioether (sulfide) groups is 1. The number of carbonyl (C=O) groups excluding carboxylic acids is 1. The van der Waals surface area contributed by atoms with Gasteiger partial charge in [0.1, 0.15) is 11.5 Å². The Bertz CT molecular complexity index is 1030. The Labute approximate surface area is 191 Å². The summed E-state index contributed by atoms with van der Waals surface area (Å²) in [5.41, 5.74) is 1.39. The number of methoxy groups -OCH3 is 2. The largest absolute Gasteiger partial charge is 0.497 e. The van der Waals surface area contributed by atoms with E-state index in [9.17, 15) is 4.79 Å². The first kappa shape index (κ1) is 21.7. The quantitative estimate of drug-likeness (QED) is 0.540. The minimum Gasteiger partial charge on any atom is -0.497 e. The molecule has 0 spiro atoms. The van der Waals surface area contributed by atoms with Crippen molar-refractivity contribution in [1.29, 1.82) is 0 Å². The number of benzene rings is 1. The van der Waals surface area contributed by atoms with E-state index in [0.717, 1.165) is 31.2 Å². The smallest absolute Gasteiger partial charge is 0.267 e. The highest BCUT2D eigenvalue weighted by atomic mass is 35.5. The molecule has 1 aliphatic heterocycles. The lowest BCUT2D eigenvalue weighted by Crippen LogP contribution is -2.40. The molecule has 0 bridgehead atoms. The van der Waals surface area contributed by atoms with Crippen molar-refractivity contribution in [2.24, 2.45) is 4.99 Å². The van der Waals surface area contributed by atoms with Crippen molar-refractivity contribution in [2.45, 2.75) is 38.1 Å². The minimum absolute atomic E-state index is 0.0364. The van der Waals surface area contributed by atoms with Gasteiger partial charge in [0.25, 0.3) is 5.91 Å². The molecule has 0 N–H and O–H groups in total. The summed E-state index contributed by atoms with van der Waals surface area (Å²) in [5, 5.41) is 1.11. The van der Waals surface area contributed by atoms with Crippen molar-refractivity contribution in [3.8, 4) is 11.5 Å². The number of carbonyl (C=O) groups is 1. The molecule has 1 saturated carbocycles. The highest BCUT2D eigenvalue weighted by molar-refractivity contribution is 8.18. The van der Waals surface area contributed by atoms with Gasteiger partial charge in [-0.25, -0.2) is 4.99 Å². The molecule has 0 atom stereocenters. The molecule has 1 aromatic heterocycles. The van der Waals surface area contributed by atoms with Crippen molar-refractivity contribution in [3.05, 3.63) is 52.2 Å². The van der Waals surface area contributed by atoms with Gasteiger partial charge in [-0.3, -0.25) is 14.7 Å². The van der Waals surface area contributed by atoms with Crippen LogP contribution in [0.1, 0.15) is 37.7 Å². The average Bonchev–Trinajstić information content (AvgIpc) is 3.10. The zero-order valence-electron chi connectivity index (χ0n) is 17.5. The molecule has 6 nitrogen and oxygen atoms in total. The van der Waals surface area contributed by atoms with E-state index < -0.39 is 0 Å². The Morgan fingerprint density at radius 3 is 2.71 bits per heavy atom. The molecule has 0 radical (unpaired) electrons. The number of rotatable bonds is 5. The first-order chi connectivity index (χ1) is 15.1. The van der Waals surface area contributed by atoms with Gasteiger partial charge < -0.3 is 9.47 Å². The Morgan fingerprint density at radius 1 is 1.19 bits per heavy atom.